The molecule has 0 aromatic heterocycles. The van der Waals surface area contributed by atoms with Crippen LogP contribution in [-0.4, -0.2) is 64.8 Å². The van der Waals surface area contributed by atoms with Crippen LogP contribution in [0.2, 0.25) is 0 Å². The minimum atomic E-state index is -3.27. The smallest absolute Gasteiger partial charge is 0.310 e. The first-order valence-electron chi connectivity index (χ1n) is 8.70. The van der Waals surface area contributed by atoms with E-state index in [9.17, 15) is 13.2 Å². The molecule has 27 heavy (non-hydrogen) atoms. The van der Waals surface area contributed by atoms with Gasteiger partial charge in [-0.25, -0.2) is 8.42 Å². The average Bonchev–Trinajstić information content (AvgIpc) is 3.03. The summed E-state index contributed by atoms with van der Waals surface area (Å²) in [6, 6.07) is 8.46. The van der Waals surface area contributed by atoms with Crippen LogP contribution in [0.4, 0.5) is 0 Å². The first-order valence-corrected chi connectivity index (χ1v) is 10.4. The van der Waals surface area contributed by atoms with Crippen LogP contribution >= 0.6 is 24.0 Å². The average molecular weight is 509 g/mol. The number of hydrogen-bond donors (Lipinski definition) is 1. The number of ether oxygens (including phenoxy) is 1. The van der Waals surface area contributed by atoms with Crippen LogP contribution in [0.3, 0.4) is 0 Å². The number of carbonyl (C=O) groups excluding carboxylic acids is 1. The number of likely N-dealkylation sites (tertiary alicyclic amines) is 1. The lowest BCUT2D eigenvalue weighted by molar-refractivity contribution is -0.145. The number of rotatable bonds is 6. The van der Waals surface area contributed by atoms with Crippen LogP contribution in [0.15, 0.2) is 40.2 Å². The summed E-state index contributed by atoms with van der Waals surface area (Å²) >= 11 is 0. The number of aliphatic imine (C=N–C) groups is 1. The number of methoxy groups -OCH3 is 1. The van der Waals surface area contributed by atoms with E-state index in [4.69, 9.17) is 4.74 Å². The molecule has 2 atom stereocenters. The molecule has 0 bridgehead atoms. The topological polar surface area (TPSA) is 88.1 Å². The fraction of sp³-hybridized carbons (Fsp3) is 0.556. The summed E-state index contributed by atoms with van der Waals surface area (Å²) in [4.78, 5) is 18.4. The number of guanidine groups is 1. The van der Waals surface area contributed by atoms with Gasteiger partial charge in [-0.2, -0.15) is 0 Å². The molecular weight excluding hydrogens is 481 g/mol. The molecule has 0 saturated carbocycles. The van der Waals surface area contributed by atoms with Gasteiger partial charge in [-0.1, -0.05) is 25.1 Å². The molecule has 1 fully saturated rings. The number of hydrogen-bond acceptors (Lipinski definition) is 5. The molecule has 0 aliphatic carbocycles. The van der Waals surface area contributed by atoms with Crippen LogP contribution in [0.5, 0.6) is 0 Å². The second-order valence-electron chi connectivity index (χ2n) is 6.47. The number of nitrogens with zero attached hydrogens (tertiary/aromatic N) is 2. The Hall–Kier alpha value is -1.36. The molecule has 1 aliphatic rings. The number of benzene rings is 1. The molecule has 1 saturated heterocycles. The summed E-state index contributed by atoms with van der Waals surface area (Å²) in [5.41, 5.74) is 0. The Morgan fingerprint density at radius 2 is 1.96 bits per heavy atom. The molecule has 7 nitrogen and oxygen atoms in total. The molecule has 1 aromatic carbocycles. The van der Waals surface area contributed by atoms with Gasteiger partial charge in [0, 0.05) is 26.7 Å². The Morgan fingerprint density at radius 3 is 2.56 bits per heavy atom. The molecule has 0 radical (unpaired) electrons. The number of nitrogens with one attached hydrogen (secondary N) is 1. The third kappa shape index (κ3) is 6.34. The van der Waals surface area contributed by atoms with Crippen molar-refractivity contribution in [3.8, 4) is 0 Å². The minimum Gasteiger partial charge on any atom is -0.469 e. The lowest BCUT2D eigenvalue weighted by atomic mass is 9.99. The van der Waals surface area contributed by atoms with Gasteiger partial charge in [0.1, 0.15) is 0 Å². The Balaban J connectivity index is 0.00000364. The van der Waals surface area contributed by atoms with Crippen molar-refractivity contribution in [3.05, 3.63) is 30.3 Å². The number of esters is 1. The Kier molecular flexibility index (Phi) is 9.51. The predicted molar refractivity (Wildman–Crippen MR) is 116 cm³/mol. The van der Waals surface area contributed by atoms with Crippen molar-refractivity contribution in [1.29, 1.82) is 0 Å². The standard InChI is InChI=1S/C18H27N3O4S.HI/c1-14-12-21(13-16(14)17(22)25-3)18(19-2)20-10-7-11-26(23,24)15-8-5-4-6-9-15;/h4-6,8-9,14,16H,7,10-13H2,1-3H3,(H,19,20);1H. The molecule has 152 valence electrons. The SMILES string of the molecule is CN=C(NCCCS(=O)(=O)c1ccccc1)N1CC(C)C(C(=O)OC)C1.I. The third-order valence-corrected chi connectivity index (χ3v) is 6.42. The zero-order valence-corrected chi connectivity index (χ0v) is 19.1. The van der Waals surface area contributed by atoms with Gasteiger partial charge in [0.25, 0.3) is 0 Å². The van der Waals surface area contributed by atoms with E-state index in [0.29, 0.717) is 36.9 Å². The highest BCUT2D eigenvalue weighted by Crippen LogP contribution is 2.24. The van der Waals surface area contributed by atoms with Crippen LogP contribution in [-0.2, 0) is 19.4 Å². The maximum Gasteiger partial charge on any atom is 0.310 e. The molecule has 1 aromatic rings. The van der Waals surface area contributed by atoms with E-state index in [1.165, 1.54) is 7.11 Å². The van der Waals surface area contributed by atoms with Crippen molar-refractivity contribution < 1.29 is 17.9 Å². The number of sulfone groups is 1. The summed E-state index contributed by atoms with van der Waals surface area (Å²) in [5.74, 6) is 0.559. The molecule has 0 amide bonds. The van der Waals surface area contributed by atoms with Gasteiger partial charge in [0.15, 0.2) is 15.8 Å². The predicted octanol–water partition coefficient (Wildman–Crippen LogP) is 1.78. The van der Waals surface area contributed by atoms with E-state index in [1.807, 2.05) is 11.8 Å². The first kappa shape index (κ1) is 23.7. The second-order valence-corrected chi connectivity index (χ2v) is 8.58. The lowest BCUT2D eigenvalue weighted by Gasteiger charge is -2.21. The van der Waals surface area contributed by atoms with Gasteiger partial charge in [-0.3, -0.25) is 9.79 Å². The molecule has 2 unspecified atom stereocenters. The molecule has 1 heterocycles. The normalized spacial score (nSPS) is 20.1. The summed E-state index contributed by atoms with van der Waals surface area (Å²) < 4.78 is 29.4. The van der Waals surface area contributed by atoms with E-state index in [0.717, 1.165) is 0 Å². The summed E-state index contributed by atoms with van der Waals surface area (Å²) in [6.07, 6.45) is 0.472. The van der Waals surface area contributed by atoms with E-state index in [2.05, 4.69) is 10.3 Å². The van der Waals surface area contributed by atoms with Gasteiger partial charge in [0.05, 0.1) is 23.7 Å². The quantitative estimate of drug-likeness (QED) is 0.207. The first-order chi connectivity index (χ1) is 12.4. The third-order valence-electron chi connectivity index (χ3n) is 4.60. The van der Waals surface area contributed by atoms with Crippen LogP contribution in [0.1, 0.15) is 13.3 Å². The Labute approximate surface area is 178 Å². The van der Waals surface area contributed by atoms with Crippen molar-refractivity contribution in [2.24, 2.45) is 16.8 Å². The van der Waals surface area contributed by atoms with Gasteiger partial charge in [0.2, 0.25) is 0 Å². The maximum absolute atomic E-state index is 12.3. The van der Waals surface area contributed by atoms with E-state index in [-0.39, 0.29) is 47.5 Å². The van der Waals surface area contributed by atoms with E-state index >= 15 is 0 Å². The zero-order valence-electron chi connectivity index (χ0n) is 15.9. The Bertz CT molecular complexity index is 740. The van der Waals surface area contributed by atoms with E-state index < -0.39 is 9.84 Å². The van der Waals surface area contributed by atoms with Crippen LogP contribution < -0.4 is 5.32 Å². The van der Waals surface area contributed by atoms with E-state index in [1.54, 1.807) is 37.4 Å². The monoisotopic (exact) mass is 509 g/mol. The van der Waals surface area contributed by atoms with Crippen molar-refractivity contribution in [2.45, 2.75) is 18.2 Å². The summed E-state index contributed by atoms with van der Waals surface area (Å²) in [5, 5.41) is 3.19. The largest absolute Gasteiger partial charge is 0.469 e. The molecule has 9 heteroatoms. The number of carbonyl (C=O) groups is 1. The summed E-state index contributed by atoms with van der Waals surface area (Å²) in [7, 11) is -0.190. The highest BCUT2D eigenvalue weighted by molar-refractivity contribution is 14.0. The van der Waals surface area contributed by atoms with Crippen molar-refractivity contribution in [1.82, 2.24) is 10.2 Å². The lowest BCUT2D eigenvalue weighted by Crippen LogP contribution is -2.41. The molecule has 0 spiro atoms. The van der Waals surface area contributed by atoms with Gasteiger partial charge < -0.3 is 15.0 Å². The minimum absolute atomic E-state index is 0. The van der Waals surface area contributed by atoms with Gasteiger partial charge in [-0.05, 0) is 24.5 Å². The fourth-order valence-electron chi connectivity index (χ4n) is 3.14. The van der Waals surface area contributed by atoms with Crippen molar-refractivity contribution >= 4 is 45.7 Å². The van der Waals surface area contributed by atoms with Crippen LogP contribution in [0, 0.1) is 11.8 Å². The molecule has 2 rings (SSSR count). The highest BCUT2D eigenvalue weighted by Gasteiger charge is 2.36. The van der Waals surface area contributed by atoms with Crippen LogP contribution in [0.25, 0.3) is 0 Å². The second kappa shape index (κ2) is 10.8. The van der Waals surface area contributed by atoms with Crippen molar-refractivity contribution in [2.75, 3.05) is 39.5 Å². The fourth-order valence-corrected chi connectivity index (χ4v) is 4.47. The molecule has 1 N–H and O–H groups in total. The van der Waals surface area contributed by atoms with Gasteiger partial charge >= 0.3 is 5.97 Å². The highest BCUT2D eigenvalue weighted by atomic mass is 127. The Morgan fingerprint density at radius 1 is 1.30 bits per heavy atom. The zero-order chi connectivity index (χ0) is 19.2. The molecule has 1 aliphatic heterocycles. The molecular formula is C18H28IN3O4S. The maximum atomic E-state index is 12.3. The van der Waals surface area contributed by atoms with Gasteiger partial charge in [-0.15, -0.1) is 24.0 Å². The van der Waals surface area contributed by atoms with Crippen molar-refractivity contribution in [3.63, 3.8) is 0 Å². The summed E-state index contributed by atoms with van der Waals surface area (Å²) in [6.45, 7) is 3.77. The number of halogens is 1.